The second-order valence-electron chi connectivity index (χ2n) is 6.63. The highest BCUT2D eigenvalue weighted by atomic mass is 16.6. The van der Waals surface area contributed by atoms with Gasteiger partial charge in [0.15, 0.2) is 0 Å². The third-order valence-electron chi connectivity index (χ3n) is 3.37. The van der Waals surface area contributed by atoms with Gasteiger partial charge in [0.1, 0.15) is 5.60 Å². The van der Waals surface area contributed by atoms with E-state index in [9.17, 15) is 4.79 Å². The summed E-state index contributed by atoms with van der Waals surface area (Å²) >= 11 is 0. The van der Waals surface area contributed by atoms with Crippen LogP contribution in [0.3, 0.4) is 0 Å². The Hall–Kier alpha value is -2.40. The number of amides is 1. The molecule has 0 aliphatic rings. The minimum absolute atomic E-state index is 0.343. The maximum atomic E-state index is 12.3. The van der Waals surface area contributed by atoms with Gasteiger partial charge in [-0.15, -0.1) is 0 Å². The highest BCUT2D eigenvalue weighted by molar-refractivity contribution is 5.68. The number of hydrogen-bond donors (Lipinski definition) is 1. The standard InChI is InChI=1S/C19H25N3O2/c1-19(2,3)24-18(23)22(12-10-20)14-15-6-8-16(9-7-15)17-5-4-11-21-13-17/h4-9,11,13H,10,12,14,20H2,1-3H3. The molecule has 0 saturated heterocycles. The summed E-state index contributed by atoms with van der Waals surface area (Å²) < 4.78 is 5.44. The summed E-state index contributed by atoms with van der Waals surface area (Å²) in [6.45, 7) is 6.89. The molecule has 1 aromatic carbocycles. The molecular formula is C19H25N3O2. The minimum atomic E-state index is -0.520. The number of rotatable bonds is 5. The van der Waals surface area contributed by atoms with E-state index in [4.69, 9.17) is 10.5 Å². The molecule has 5 nitrogen and oxygen atoms in total. The zero-order valence-electron chi connectivity index (χ0n) is 14.5. The van der Waals surface area contributed by atoms with E-state index in [1.54, 1.807) is 11.1 Å². The molecule has 0 fully saturated rings. The maximum absolute atomic E-state index is 12.3. The molecule has 1 aromatic heterocycles. The minimum Gasteiger partial charge on any atom is -0.444 e. The molecule has 0 atom stereocenters. The van der Waals surface area contributed by atoms with E-state index in [1.807, 2.05) is 63.4 Å². The molecule has 2 aromatic rings. The van der Waals surface area contributed by atoms with Gasteiger partial charge in [0.25, 0.3) is 0 Å². The second kappa shape index (κ2) is 7.93. The smallest absolute Gasteiger partial charge is 0.410 e. The summed E-state index contributed by atoms with van der Waals surface area (Å²) in [5.41, 5.74) is 8.30. The largest absolute Gasteiger partial charge is 0.444 e. The van der Waals surface area contributed by atoms with Crippen molar-refractivity contribution in [3.05, 3.63) is 54.4 Å². The number of benzene rings is 1. The summed E-state index contributed by atoms with van der Waals surface area (Å²) in [4.78, 5) is 18.0. The highest BCUT2D eigenvalue weighted by Gasteiger charge is 2.21. The Bertz CT molecular complexity index is 649. The first kappa shape index (κ1) is 17.9. The summed E-state index contributed by atoms with van der Waals surface area (Å²) in [5, 5.41) is 0. The lowest BCUT2D eigenvalue weighted by Crippen LogP contribution is -2.39. The summed E-state index contributed by atoms with van der Waals surface area (Å²) in [6.07, 6.45) is 3.24. The fraction of sp³-hybridized carbons (Fsp3) is 0.368. The van der Waals surface area contributed by atoms with E-state index in [0.29, 0.717) is 19.6 Å². The van der Waals surface area contributed by atoms with Crippen LogP contribution in [0.4, 0.5) is 4.79 Å². The molecule has 0 unspecified atom stereocenters. The molecule has 2 N–H and O–H groups in total. The van der Waals surface area contributed by atoms with Crippen molar-refractivity contribution in [3.63, 3.8) is 0 Å². The fourth-order valence-corrected chi connectivity index (χ4v) is 2.27. The van der Waals surface area contributed by atoms with Crippen molar-refractivity contribution in [1.82, 2.24) is 9.88 Å². The zero-order chi connectivity index (χ0) is 17.6. The lowest BCUT2D eigenvalue weighted by atomic mass is 10.1. The van der Waals surface area contributed by atoms with E-state index in [2.05, 4.69) is 4.98 Å². The number of hydrogen-bond acceptors (Lipinski definition) is 4. The van der Waals surface area contributed by atoms with Crippen molar-refractivity contribution in [2.75, 3.05) is 13.1 Å². The van der Waals surface area contributed by atoms with Crippen LogP contribution in [0.1, 0.15) is 26.3 Å². The van der Waals surface area contributed by atoms with Gasteiger partial charge in [-0.2, -0.15) is 0 Å². The molecule has 0 bridgehead atoms. The van der Waals surface area contributed by atoms with Crippen molar-refractivity contribution in [2.45, 2.75) is 32.9 Å². The van der Waals surface area contributed by atoms with Gasteiger partial charge in [-0.1, -0.05) is 30.3 Å². The van der Waals surface area contributed by atoms with Crippen LogP contribution in [-0.2, 0) is 11.3 Å². The molecule has 2 rings (SSSR count). The lowest BCUT2D eigenvalue weighted by Gasteiger charge is -2.27. The molecule has 0 aliphatic heterocycles. The average Bonchev–Trinajstić information content (AvgIpc) is 2.54. The van der Waals surface area contributed by atoms with Crippen LogP contribution in [0.5, 0.6) is 0 Å². The number of carbonyl (C=O) groups is 1. The van der Waals surface area contributed by atoms with Crippen LogP contribution < -0.4 is 5.73 Å². The molecule has 1 heterocycles. The van der Waals surface area contributed by atoms with Crippen molar-refractivity contribution < 1.29 is 9.53 Å². The van der Waals surface area contributed by atoms with Gasteiger partial charge >= 0.3 is 6.09 Å². The first-order valence-corrected chi connectivity index (χ1v) is 8.06. The molecule has 5 heteroatoms. The van der Waals surface area contributed by atoms with E-state index >= 15 is 0 Å². The van der Waals surface area contributed by atoms with Gasteiger partial charge in [0.2, 0.25) is 0 Å². The molecule has 0 radical (unpaired) electrons. The number of ether oxygens (including phenoxy) is 1. The summed E-state index contributed by atoms with van der Waals surface area (Å²) in [5.74, 6) is 0. The van der Waals surface area contributed by atoms with Crippen LogP contribution in [0.2, 0.25) is 0 Å². The third kappa shape index (κ3) is 5.35. The zero-order valence-corrected chi connectivity index (χ0v) is 14.5. The van der Waals surface area contributed by atoms with Crippen molar-refractivity contribution >= 4 is 6.09 Å². The van der Waals surface area contributed by atoms with E-state index in [0.717, 1.165) is 16.7 Å². The average molecular weight is 327 g/mol. The SMILES string of the molecule is CC(C)(C)OC(=O)N(CCN)Cc1ccc(-c2cccnc2)cc1. The third-order valence-corrected chi connectivity index (χ3v) is 3.37. The normalized spacial score (nSPS) is 11.2. The number of nitrogens with two attached hydrogens (primary N) is 1. The van der Waals surface area contributed by atoms with Crippen LogP contribution in [0.15, 0.2) is 48.8 Å². The fourth-order valence-electron chi connectivity index (χ4n) is 2.27. The second-order valence-corrected chi connectivity index (χ2v) is 6.63. The number of pyridine rings is 1. The number of nitrogens with zero attached hydrogens (tertiary/aromatic N) is 2. The molecule has 24 heavy (non-hydrogen) atoms. The van der Waals surface area contributed by atoms with Gasteiger partial charge in [0.05, 0.1) is 0 Å². The first-order valence-electron chi connectivity index (χ1n) is 8.06. The number of aromatic nitrogens is 1. The molecule has 0 spiro atoms. The Labute approximate surface area is 143 Å². The van der Waals surface area contributed by atoms with Crippen LogP contribution >= 0.6 is 0 Å². The van der Waals surface area contributed by atoms with Gasteiger partial charge in [-0.05, 0) is 43.5 Å². The molecule has 0 saturated carbocycles. The molecule has 1 amide bonds. The Morgan fingerprint density at radius 2 is 1.88 bits per heavy atom. The molecular weight excluding hydrogens is 302 g/mol. The predicted octanol–water partition coefficient (Wildman–Crippen LogP) is 3.44. The number of carbonyl (C=O) groups excluding carboxylic acids is 1. The van der Waals surface area contributed by atoms with Gasteiger partial charge in [-0.3, -0.25) is 4.98 Å². The topological polar surface area (TPSA) is 68.5 Å². The Kier molecular flexibility index (Phi) is 5.93. The van der Waals surface area contributed by atoms with Gasteiger partial charge in [0, 0.05) is 32.0 Å². The van der Waals surface area contributed by atoms with Gasteiger partial charge in [-0.25, -0.2) is 4.79 Å². The quantitative estimate of drug-likeness (QED) is 0.913. The summed E-state index contributed by atoms with van der Waals surface area (Å²) in [6, 6.07) is 12.0. The van der Waals surface area contributed by atoms with E-state index in [-0.39, 0.29) is 6.09 Å². The molecule has 128 valence electrons. The van der Waals surface area contributed by atoms with Crippen LogP contribution in [-0.4, -0.2) is 34.7 Å². The lowest BCUT2D eigenvalue weighted by molar-refractivity contribution is 0.0239. The van der Waals surface area contributed by atoms with Gasteiger partial charge < -0.3 is 15.4 Å². The Morgan fingerprint density at radius 3 is 2.42 bits per heavy atom. The van der Waals surface area contributed by atoms with Crippen molar-refractivity contribution in [3.8, 4) is 11.1 Å². The highest BCUT2D eigenvalue weighted by Crippen LogP contribution is 2.19. The maximum Gasteiger partial charge on any atom is 0.410 e. The van der Waals surface area contributed by atoms with E-state index < -0.39 is 5.60 Å². The van der Waals surface area contributed by atoms with Crippen LogP contribution in [0.25, 0.3) is 11.1 Å². The summed E-state index contributed by atoms with van der Waals surface area (Å²) in [7, 11) is 0. The Balaban J connectivity index is 2.08. The van der Waals surface area contributed by atoms with Crippen molar-refractivity contribution in [2.24, 2.45) is 5.73 Å². The first-order chi connectivity index (χ1) is 11.4. The predicted molar refractivity (Wildman–Crippen MR) is 95.4 cm³/mol. The van der Waals surface area contributed by atoms with Crippen molar-refractivity contribution in [1.29, 1.82) is 0 Å². The molecule has 0 aliphatic carbocycles. The van der Waals surface area contributed by atoms with Crippen LogP contribution in [0, 0.1) is 0 Å². The van der Waals surface area contributed by atoms with E-state index in [1.165, 1.54) is 0 Å². The Morgan fingerprint density at radius 1 is 1.17 bits per heavy atom. The monoisotopic (exact) mass is 327 g/mol.